The van der Waals surface area contributed by atoms with Gasteiger partial charge >= 0.3 is 5.97 Å². The van der Waals surface area contributed by atoms with Crippen molar-refractivity contribution in [2.75, 3.05) is 34.4 Å². The van der Waals surface area contributed by atoms with Crippen LogP contribution in [-0.4, -0.2) is 46.3 Å². The number of hydrogen-bond acceptors (Lipinski definition) is 4. The highest BCUT2D eigenvalue weighted by atomic mass is 16.5. The number of hydrogen-bond donors (Lipinski definition) is 2. The van der Waals surface area contributed by atoms with Gasteiger partial charge in [-0.2, -0.15) is 0 Å². The zero-order chi connectivity index (χ0) is 16.4. The molecule has 0 unspecified atom stereocenters. The van der Waals surface area contributed by atoms with Crippen LogP contribution in [0.4, 0.5) is 0 Å². The van der Waals surface area contributed by atoms with Crippen LogP contribution in [0.5, 0.6) is 5.75 Å². The fraction of sp³-hybridized carbons (Fsp3) is 0.500. The number of rotatable bonds is 7. The minimum Gasteiger partial charge on any atom is -0.496 e. The van der Waals surface area contributed by atoms with Crippen LogP contribution in [0.1, 0.15) is 17.5 Å². The van der Waals surface area contributed by atoms with E-state index in [0.717, 1.165) is 24.3 Å². The van der Waals surface area contributed by atoms with E-state index in [1.807, 2.05) is 12.1 Å². The van der Waals surface area contributed by atoms with Gasteiger partial charge in [0, 0.05) is 20.1 Å². The van der Waals surface area contributed by atoms with Crippen molar-refractivity contribution in [1.29, 1.82) is 0 Å². The second-order valence-corrected chi connectivity index (χ2v) is 4.82. The standard InChI is InChI=1S/C16H25N3O3/c1-12-5-6-14(21-3)13(11-12)7-9-18-16(17-2)19-10-8-15(20)22-4/h5-6,11H,7-10H2,1-4H3,(H2,17,18,19). The lowest BCUT2D eigenvalue weighted by atomic mass is 10.1. The summed E-state index contributed by atoms with van der Waals surface area (Å²) in [7, 11) is 4.75. The second kappa shape index (κ2) is 9.65. The number of carbonyl (C=O) groups is 1. The fourth-order valence-corrected chi connectivity index (χ4v) is 2.02. The summed E-state index contributed by atoms with van der Waals surface area (Å²) >= 11 is 0. The van der Waals surface area contributed by atoms with Crippen LogP contribution in [-0.2, 0) is 16.0 Å². The molecule has 0 saturated heterocycles. The third kappa shape index (κ3) is 6.03. The van der Waals surface area contributed by atoms with E-state index >= 15 is 0 Å². The number of carbonyl (C=O) groups excluding carboxylic acids is 1. The Morgan fingerprint density at radius 3 is 2.59 bits per heavy atom. The summed E-state index contributed by atoms with van der Waals surface area (Å²) < 4.78 is 9.95. The number of benzene rings is 1. The summed E-state index contributed by atoms with van der Waals surface area (Å²) in [5.74, 6) is 1.31. The van der Waals surface area contributed by atoms with Gasteiger partial charge in [0.25, 0.3) is 0 Å². The molecule has 0 atom stereocenters. The highest BCUT2D eigenvalue weighted by molar-refractivity contribution is 5.80. The molecule has 6 heteroatoms. The van der Waals surface area contributed by atoms with Gasteiger partial charge in [0.15, 0.2) is 5.96 Å². The first kappa shape index (κ1) is 17.8. The number of nitrogens with zero attached hydrogens (tertiary/aromatic N) is 1. The fourth-order valence-electron chi connectivity index (χ4n) is 2.02. The van der Waals surface area contributed by atoms with E-state index in [1.165, 1.54) is 12.7 Å². The summed E-state index contributed by atoms with van der Waals surface area (Å²) in [5.41, 5.74) is 2.36. The van der Waals surface area contributed by atoms with Gasteiger partial charge in [-0.3, -0.25) is 9.79 Å². The Morgan fingerprint density at radius 1 is 1.23 bits per heavy atom. The van der Waals surface area contributed by atoms with Gasteiger partial charge in [0.05, 0.1) is 20.6 Å². The van der Waals surface area contributed by atoms with Crippen molar-refractivity contribution in [3.05, 3.63) is 29.3 Å². The molecule has 0 fully saturated rings. The van der Waals surface area contributed by atoms with Gasteiger partial charge in [-0.25, -0.2) is 0 Å². The van der Waals surface area contributed by atoms with E-state index in [2.05, 4.69) is 33.4 Å². The number of nitrogens with one attached hydrogen (secondary N) is 2. The van der Waals surface area contributed by atoms with Crippen molar-refractivity contribution in [3.8, 4) is 5.75 Å². The molecule has 1 aromatic rings. The van der Waals surface area contributed by atoms with Crippen molar-refractivity contribution in [2.24, 2.45) is 4.99 Å². The molecule has 1 aromatic carbocycles. The highest BCUT2D eigenvalue weighted by Crippen LogP contribution is 2.19. The van der Waals surface area contributed by atoms with Crippen molar-refractivity contribution in [3.63, 3.8) is 0 Å². The molecule has 0 amide bonds. The van der Waals surface area contributed by atoms with E-state index in [1.54, 1.807) is 14.2 Å². The zero-order valence-electron chi connectivity index (χ0n) is 13.7. The summed E-state index contributed by atoms with van der Waals surface area (Å²) in [5, 5.41) is 6.28. The first-order valence-corrected chi connectivity index (χ1v) is 7.25. The molecule has 0 spiro atoms. The highest BCUT2D eigenvalue weighted by Gasteiger charge is 2.05. The van der Waals surface area contributed by atoms with Crippen LogP contribution in [0, 0.1) is 6.92 Å². The Morgan fingerprint density at radius 2 is 1.95 bits per heavy atom. The van der Waals surface area contributed by atoms with Crippen molar-refractivity contribution >= 4 is 11.9 Å². The van der Waals surface area contributed by atoms with Crippen molar-refractivity contribution in [1.82, 2.24) is 10.6 Å². The van der Waals surface area contributed by atoms with Gasteiger partial charge in [-0.1, -0.05) is 17.7 Å². The number of guanidine groups is 1. The molecular weight excluding hydrogens is 282 g/mol. The van der Waals surface area contributed by atoms with Gasteiger partial charge in [-0.05, 0) is 25.0 Å². The Hall–Kier alpha value is -2.24. The molecule has 0 saturated carbocycles. The maximum absolute atomic E-state index is 11.0. The molecule has 0 heterocycles. The number of esters is 1. The Kier molecular flexibility index (Phi) is 7.81. The zero-order valence-corrected chi connectivity index (χ0v) is 13.7. The van der Waals surface area contributed by atoms with E-state index < -0.39 is 0 Å². The maximum Gasteiger partial charge on any atom is 0.307 e. The quantitative estimate of drug-likeness (QED) is 0.451. The normalized spacial score (nSPS) is 11.0. The first-order valence-electron chi connectivity index (χ1n) is 7.25. The number of ether oxygens (including phenoxy) is 2. The molecule has 0 aliphatic carbocycles. The molecule has 22 heavy (non-hydrogen) atoms. The predicted molar refractivity (Wildman–Crippen MR) is 87.4 cm³/mol. The van der Waals surface area contributed by atoms with Gasteiger partial charge < -0.3 is 20.1 Å². The Labute approximate surface area is 131 Å². The van der Waals surface area contributed by atoms with Crippen LogP contribution in [0.3, 0.4) is 0 Å². The number of aryl methyl sites for hydroxylation is 1. The lowest BCUT2D eigenvalue weighted by Crippen LogP contribution is -2.39. The summed E-state index contributed by atoms with van der Waals surface area (Å²) in [6.45, 7) is 3.27. The summed E-state index contributed by atoms with van der Waals surface area (Å²) in [6.07, 6.45) is 1.13. The summed E-state index contributed by atoms with van der Waals surface area (Å²) in [4.78, 5) is 15.2. The molecule has 0 radical (unpaired) electrons. The van der Waals surface area contributed by atoms with Crippen molar-refractivity contribution < 1.29 is 14.3 Å². The Bertz CT molecular complexity index is 515. The van der Waals surface area contributed by atoms with E-state index in [-0.39, 0.29) is 5.97 Å². The SMILES string of the molecule is CN=C(NCCC(=O)OC)NCCc1cc(C)ccc1OC. The van der Waals surface area contributed by atoms with Crippen LogP contribution in [0.15, 0.2) is 23.2 Å². The molecule has 0 aliphatic heterocycles. The second-order valence-electron chi connectivity index (χ2n) is 4.82. The minimum absolute atomic E-state index is 0.243. The molecule has 2 N–H and O–H groups in total. The number of aliphatic imine (C=N–C) groups is 1. The van der Waals surface area contributed by atoms with Crippen molar-refractivity contribution in [2.45, 2.75) is 19.8 Å². The van der Waals surface area contributed by atoms with E-state index in [9.17, 15) is 4.79 Å². The molecule has 0 aromatic heterocycles. The number of methoxy groups -OCH3 is 2. The molecule has 6 nitrogen and oxygen atoms in total. The maximum atomic E-state index is 11.0. The topological polar surface area (TPSA) is 72.0 Å². The van der Waals surface area contributed by atoms with E-state index in [4.69, 9.17) is 4.74 Å². The summed E-state index contributed by atoms with van der Waals surface area (Å²) in [6, 6.07) is 6.13. The van der Waals surface area contributed by atoms with Gasteiger partial charge in [0.2, 0.25) is 0 Å². The lowest BCUT2D eigenvalue weighted by Gasteiger charge is -2.13. The smallest absolute Gasteiger partial charge is 0.307 e. The van der Waals surface area contributed by atoms with Crippen LogP contribution in [0.2, 0.25) is 0 Å². The minimum atomic E-state index is -0.243. The molecule has 0 aliphatic rings. The average molecular weight is 307 g/mol. The molecule has 122 valence electrons. The van der Waals surface area contributed by atoms with Crippen LogP contribution in [0.25, 0.3) is 0 Å². The van der Waals surface area contributed by atoms with Gasteiger partial charge in [0.1, 0.15) is 5.75 Å². The van der Waals surface area contributed by atoms with Gasteiger partial charge in [-0.15, -0.1) is 0 Å². The predicted octanol–water partition coefficient (Wildman–Crippen LogP) is 1.27. The lowest BCUT2D eigenvalue weighted by molar-refractivity contribution is -0.140. The van der Waals surface area contributed by atoms with E-state index in [0.29, 0.717) is 18.9 Å². The third-order valence-electron chi connectivity index (χ3n) is 3.20. The first-order chi connectivity index (χ1) is 10.6. The molecule has 1 rings (SSSR count). The molecule has 0 bridgehead atoms. The molecular formula is C16H25N3O3. The van der Waals surface area contributed by atoms with Crippen LogP contribution < -0.4 is 15.4 Å². The third-order valence-corrected chi connectivity index (χ3v) is 3.20. The largest absolute Gasteiger partial charge is 0.496 e. The average Bonchev–Trinajstić information content (AvgIpc) is 2.53. The van der Waals surface area contributed by atoms with Crippen LogP contribution >= 0.6 is 0 Å². The Balaban J connectivity index is 2.41. The monoisotopic (exact) mass is 307 g/mol.